The zero-order valence-corrected chi connectivity index (χ0v) is 9.27. The lowest BCUT2D eigenvalue weighted by Crippen LogP contribution is -2.12. The number of pyridine rings is 1. The van der Waals surface area contributed by atoms with Gasteiger partial charge in [0.25, 0.3) is 0 Å². The van der Waals surface area contributed by atoms with Crippen molar-refractivity contribution in [3.63, 3.8) is 0 Å². The van der Waals surface area contributed by atoms with Crippen molar-refractivity contribution in [3.05, 3.63) is 48.8 Å². The summed E-state index contributed by atoms with van der Waals surface area (Å²) in [5, 5.41) is 5.15. The van der Waals surface area contributed by atoms with Crippen LogP contribution in [0.25, 0.3) is 21.5 Å². The minimum atomic E-state index is 1.03. The molecular weight excluding hydrogens is 193 g/mol. The first kappa shape index (κ1) is 9.40. The van der Waals surface area contributed by atoms with Gasteiger partial charge in [0, 0.05) is 17.8 Å². The van der Waals surface area contributed by atoms with Crippen molar-refractivity contribution in [2.45, 2.75) is 6.82 Å². The predicted octanol–water partition coefficient (Wildman–Crippen LogP) is 2.50. The molecule has 0 aliphatic carbocycles. The number of rotatable bonds is 1. The second-order valence-corrected chi connectivity index (χ2v) is 4.07. The number of aromatic nitrogens is 1. The van der Waals surface area contributed by atoms with Gasteiger partial charge in [-0.1, -0.05) is 36.6 Å². The molecule has 0 atom stereocenters. The summed E-state index contributed by atoms with van der Waals surface area (Å²) in [5.74, 6) is 0. The Morgan fingerprint density at radius 2 is 1.69 bits per heavy atom. The molecule has 0 amide bonds. The van der Waals surface area contributed by atoms with Gasteiger partial charge >= 0.3 is 0 Å². The molecule has 0 radical (unpaired) electrons. The molecule has 0 saturated carbocycles. The Bertz CT molecular complexity index is 661. The Labute approximate surface area is 95.4 Å². The Balaban J connectivity index is 2.46. The summed E-state index contributed by atoms with van der Waals surface area (Å²) in [6.45, 7) is 2.17. The van der Waals surface area contributed by atoms with Crippen LogP contribution in [0.2, 0.25) is 6.82 Å². The first-order chi connectivity index (χ1) is 7.88. The molecule has 1 nitrogen and oxygen atoms in total. The van der Waals surface area contributed by atoms with E-state index in [0.717, 1.165) is 7.28 Å². The Hall–Kier alpha value is -1.83. The van der Waals surface area contributed by atoms with Crippen LogP contribution in [0.15, 0.2) is 48.8 Å². The standard InChI is InChI=1S/C14H12BN/c1-15-14-9-16-8-12-6-10-4-2-3-5-11(10)7-13(12)14/h2-9,15H,1H3. The molecule has 0 aliphatic rings. The molecule has 1 heterocycles. The fourth-order valence-corrected chi connectivity index (χ4v) is 2.20. The van der Waals surface area contributed by atoms with Crippen LogP contribution in [0.4, 0.5) is 0 Å². The first-order valence-corrected chi connectivity index (χ1v) is 5.64. The molecule has 0 fully saturated rings. The molecule has 0 aliphatic heterocycles. The molecule has 2 aromatic carbocycles. The van der Waals surface area contributed by atoms with E-state index in [4.69, 9.17) is 0 Å². The maximum absolute atomic E-state index is 4.29. The number of benzene rings is 2. The van der Waals surface area contributed by atoms with E-state index in [-0.39, 0.29) is 0 Å². The highest BCUT2D eigenvalue weighted by Gasteiger charge is 2.02. The third-order valence-corrected chi connectivity index (χ3v) is 3.09. The van der Waals surface area contributed by atoms with Crippen LogP contribution in [0.1, 0.15) is 0 Å². The van der Waals surface area contributed by atoms with Crippen molar-refractivity contribution < 1.29 is 0 Å². The lowest BCUT2D eigenvalue weighted by molar-refractivity contribution is 1.38. The van der Waals surface area contributed by atoms with Crippen LogP contribution < -0.4 is 5.46 Å². The average Bonchev–Trinajstić information content (AvgIpc) is 2.35. The monoisotopic (exact) mass is 205 g/mol. The van der Waals surface area contributed by atoms with E-state index < -0.39 is 0 Å². The van der Waals surface area contributed by atoms with E-state index in [1.165, 1.54) is 27.0 Å². The van der Waals surface area contributed by atoms with Gasteiger partial charge in [-0.25, -0.2) is 0 Å². The lowest BCUT2D eigenvalue weighted by atomic mass is 9.72. The van der Waals surface area contributed by atoms with Crippen LogP contribution in [0.5, 0.6) is 0 Å². The molecule has 3 rings (SSSR count). The summed E-state index contributed by atoms with van der Waals surface area (Å²) in [7, 11) is 1.03. The zero-order chi connectivity index (χ0) is 11.0. The van der Waals surface area contributed by atoms with Gasteiger partial charge in [-0.15, -0.1) is 0 Å². The van der Waals surface area contributed by atoms with Crippen molar-refractivity contribution in [2.24, 2.45) is 0 Å². The zero-order valence-electron chi connectivity index (χ0n) is 9.27. The number of hydrogen-bond acceptors (Lipinski definition) is 1. The summed E-state index contributed by atoms with van der Waals surface area (Å²) in [6.07, 6.45) is 3.91. The Morgan fingerprint density at radius 3 is 2.44 bits per heavy atom. The fraction of sp³-hybridized carbons (Fsp3) is 0.0714. The maximum Gasteiger partial charge on any atom is 0.157 e. The molecule has 0 unspecified atom stereocenters. The lowest BCUT2D eigenvalue weighted by Gasteiger charge is -2.05. The van der Waals surface area contributed by atoms with Crippen LogP contribution in [0.3, 0.4) is 0 Å². The molecule has 16 heavy (non-hydrogen) atoms. The van der Waals surface area contributed by atoms with Crippen molar-refractivity contribution in [2.75, 3.05) is 0 Å². The van der Waals surface area contributed by atoms with E-state index in [1.807, 2.05) is 12.4 Å². The van der Waals surface area contributed by atoms with Crippen molar-refractivity contribution >= 4 is 34.3 Å². The maximum atomic E-state index is 4.29. The van der Waals surface area contributed by atoms with Crippen LogP contribution in [-0.4, -0.2) is 12.3 Å². The molecule has 0 saturated heterocycles. The SMILES string of the molecule is CBc1cncc2cc3ccccc3cc12. The van der Waals surface area contributed by atoms with Crippen molar-refractivity contribution in [3.8, 4) is 0 Å². The highest BCUT2D eigenvalue weighted by Crippen LogP contribution is 2.20. The second-order valence-electron chi connectivity index (χ2n) is 4.07. The minimum absolute atomic E-state index is 1.03. The largest absolute Gasteiger partial charge is 0.265 e. The second kappa shape index (κ2) is 3.64. The molecular formula is C14H12BN. The quantitative estimate of drug-likeness (QED) is 0.439. The van der Waals surface area contributed by atoms with Gasteiger partial charge in [0.2, 0.25) is 0 Å². The third-order valence-electron chi connectivity index (χ3n) is 3.09. The first-order valence-electron chi connectivity index (χ1n) is 5.64. The van der Waals surface area contributed by atoms with Crippen LogP contribution >= 0.6 is 0 Å². The van der Waals surface area contributed by atoms with Crippen molar-refractivity contribution in [1.82, 2.24) is 4.98 Å². The summed E-state index contributed by atoms with van der Waals surface area (Å²) in [6, 6.07) is 13.0. The smallest absolute Gasteiger partial charge is 0.157 e. The van der Waals surface area contributed by atoms with Gasteiger partial charge in [-0.05, 0) is 28.3 Å². The van der Waals surface area contributed by atoms with E-state index in [1.54, 1.807) is 0 Å². The van der Waals surface area contributed by atoms with Gasteiger partial charge in [-0.3, -0.25) is 4.98 Å². The topological polar surface area (TPSA) is 12.9 Å². The summed E-state index contributed by atoms with van der Waals surface area (Å²) < 4.78 is 0. The van der Waals surface area contributed by atoms with E-state index in [2.05, 4.69) is 48.2 Å². The molecule has 0 spiro atoms. The summed E-state index contributed by atoms with van der Waals surface area (Å²) in [5.41, 5.74) is 1.32. The van der Waals surface area contributed by atoms with Gasteiger partial charge in [0.15, 0.2) is 7.28 Å². The Morgan fingerprint density at radius 1 is 0.938 bits per heavy atom. The molecule has 2 heteroatoms. The summed E-state index contributed by atoms with van der Waals surface area (Å²) in [4.78, 5) is 4.29. The minimum Gasteiger partial charge on any atom is -0.265 e. The van der Waals surface area contributed by atoms with Crippen molar-refractivity contribution in [1.29, 1.82) is 0 Å². The molecule has 76 valence electrons. The Kier molecular flexibility index (Phi) is 2.14. The normalized spacial score (nSPS) is 10.8. The predicted molar refractivity (Wildman–Crippen MR) is 71.9 cm³/mol. The number of nitrogens with zero attached hydrogens (tertiary/aromatic N) is 1. The van der Waals surface area contributed by atoms with E-state index in [0.29, 0.717) is 0 Å². The average molecular weight is 205 g/mol. The van der Waals surface area contributed by atoms with Crippen LogP contribution in [-0.2, 0) is 0 Å². The fourth-order valence-electron chi connectivity index (χ4n) is 2.20. The molecule has 0 N–H and O–H groups in total. The van der Waals surface area contributed by atoms with Gasteiger partial charge < -0.3 is 0 Å². The van der Waals surface area contributed by atoms with Crippen LogP contribution in [0, 0.1) is 0 Å². The molecule has 1 aromatic heterocycles. The number of fused-ring (bicyclic) bond motifs is 2. The van der Waals surface area contributed by atoms with E-state index >= 15 is 0 Å². The molecule has 0 bridgehead atoms. The van der Waals surface area contributed by atoms with Gasteiger partial charge in [-0.2, -0.15) is 0 Å². The molecule has 3 aromatic rings. The highest BCUT2D eigenvalue weighted by atomic mass is 14.6. The number of hydrogen-bond donors (Lipinski definition) is 0. The third kappa shape index (κ3) is 1.38. The van der Waals surface area contributed by atoms with Gasteiger partial charge in [0.05, 0.1) is 0 Å². The highest BCUT2D eigenvalue weighted by molar-refractivity contribution is 6.55. The van der Waals surface area contributed by atoms with E-state index in [9.17, 15) is 0 Å². The summed E-state index contributed by atoms with van der Waals surface area (Å²) >= 11 is 0. The van der Waals surface area contributed by atoms with Gasteiger partial charge in [0.1, 0.15) is 0 Å².